The van der Waals surface area contributed by atoms with Crippen molar-refractivity contribution in [2.45, 2.75) is 45.4 Å². The Morgan fingerprint density at radius 2 is 1.79 bits per heavy atom. The molecule has 112 valence electrons. The van der Waals surface area contributed by atoms with Crippen LogP contribution in [0.15, 0.2) is 0 Å². The number of ketones is 1. The number of hydrogen-bond acceptors (Lipinski definition) is 5. The van der Waals surface area contributed by atoms with Crippen LogP contribution in [0.1, 0.15) is 45.4 Å². The molecule has 0 heterocycles. The van der Waals surface area contributed by atoms with Crippen LogP contribution in [-0.4, -0.2) is 31.5 Å². The Bertz CT molecular complexity index is 326. The fourth-order valence-electron chi connectivity index (χ4n) is 1.42. The summed E-state index contributed by atoms with van der Waals surface area (Å²) in [5.41, 5.74) is 0. The van der Waals surface area contributed by atoms with E-state index in [1.807, 2.05) is 0 Å². The molecular weight excluding hydrogens is 269 g/mol. The molecule has 0 aliphatic rings. The van der Waals surface area contributed by atoms with Gasteiger partial charge in [0, 0.05) is 26.1 Å². The topological polar surface area (TPSA) is 95.5 Å². The van der Waals surface area contributed by atoms with E-state index >= 15 is 0 Å². The first-order chi connectivity index (χ1) is 8.81. The van der Waals surface area contributed by atoms with Gasteiger partial charge in [-0.25, -0.2) is 0 Å². The van der Waals surface area contributed by atoms with Gasteiger partial charge in [-0.1, -0.05) is 12.8 Å². The van der Waals surface area contributed by atoms with E-state index in [-0.39, 0.29) is 31.1 Å². The molecule has 6 nitrogen and oxygen atoms in total. The number of rotatable bonds is 11. The van der Waals surface area contributed by atoms with Crippen molar-refractivity contribution in [3.05, 3.63) is 0 Å². The van der Waals surface area contributed by atoms with Crippen molar-refractivity contribution in [1.29, 1.82) is 0 Å². The highest BCUT2D eigenvalue weighted by atomic mass is 31.2. The summed E-state index contributed by atoms with van der Waals surface area (Å²) in [6, 6.07) is 0. The molecule has 0 radical (unpaired) electrons. The predicted molar refractivity (Wildman–Crippen MR) is 70.9 cm³/mol. The van der Waals surface area contributed by atoms with E-state index in [4.69, 9.17) is 0 Å². The van der Waals surface area contributed by atoms with Crippen LogP contribution >= 0.6 is 7.60 Å². The molecule has 1 amide bonds. The highest BCUT2D eigenvalue weighted by molar-refractivity contribution is 7.50. The minimum Gasteiger partial charge on any atom is -0.779 e. The highest BCUT2D eigenvalue weighted by Crippen LogP contribution is 2.30. The molecule has 0 aromatic rings. The van der Waals surface area contributed by atoms with Crippen LogP contribution in [0.2, 0.25) is 0 Å². The van der Waals surface area contributed by atoms with Crippen molar-refractivity contribution >= 4 is 19.3 Å². The lowest BCUT2D eigenvalue weighted by atomic mass is 10.2. The van der Waals surface area contributed by atoms with Gasteiger partial charge in [0.1, 0.15) is 13.4 Å². The van der Waals surface area contributed by atoms with Crippen LogP contribution in [0.3, 0.4) is 0 Å². The van der Waals surface area contributed by atoms with E-state index in [0.29, 0.717) is 13.0 Å². The molecule has 0 fully saturated rings. The van der Waals surface area contributed by atoms with Gasteiger partial charge in [0.15, 0.2) is 0 Å². The maximum absolute atomic E-state index is 11.2. The fourth-order valence-corrected chi connectivity index (χ4v) is 1.88. The van der Waals surface area contributed by atoms with Gasteiger partial charge < -0.3 is 24.1 Å². The molecule has 1 N–H and O–H groups in total. The molecule has 0 aromatic carbocycles. The molecule has 19 heavy (non-hydrogen) atoms. The number of amides is 1. The number of unbranched alkanes of at least 4 members (excludes halogenated alkanes) is 3. The number of hydrogen-bond donors (Lipinski definition) is 1. The summed E-state index contributed by atoms with van der Waals surface area (Å²) in [4.78, 5) is 32.6. The van der Waals surface area contributed by atoms with Crippen LogP contribution < -0.4 is 10.2 Å². The van der Waals surface area contributed by atoms with Crippen LogP contribution in [0.25, 0.3) is 0 Å². The van der Waals surface area contributed by atoms with E-state index in [1.54, 1.807) is 0 Å². The highest BCUT2D eigenvalue weighted by Gasteiger charge is 2.02. The predicted octanol–water partition coefficient (Wildman–Crippen LogP) is 1.23. The molecule has 0 aliphatic heterocycles. The molecule has 1 unspecified atom stereocenters. The lowest BCUT2D eigenvalue weighted by Gasteiger charge is -2.17. The van der Waals surface area contributed by atoms with Crippen molar-refractivity contribution in [3.8, 4) is 0 Å². The van der Waals surface area contributed by atoms with Gasteiger partial charge in [0.2, 0.25) is 5.91 Å². The molecule has 0 spiro atoms. The summed E-state index contributed by atoms with van der Waals surface area (Å²) in [7, 11) is -3.59. The zero-order chi connectivity index (χ0) is 14.7. The van der Waals surface area contributed by atoms with Gasteiger partial charge in [-0.2, -0.15) is 0 Å². The summed E-state index contributed by atoms with van der Waals surface area (Å²) in [5.74, 6) is -0.0847. The van der Waals surface area contributed by atoms with Crippen LogP contribution in [-0.2, 0) is 18.7 Å². The Hall–Kier alpha value is -0.710. The Kier molecular flexibility index (Phi) is 9.74. The maximum Gasteiger partial charge on any atom is 0.220 e. The van der Waals surface area contributed by atoms with Crippen LogP contribution in [0, 0.1) is 0 Å². The average molecular weight is 292 g/mol. The van der Waals surface area contributed by atoms with E-state index in [0.717, 1.165) is 25.9 Å². The molecule has 7 heteroatoms. The second kappa shape index (κ2) is 10.1. The quantitative estimate of drug-likeness (QED) is 0.456. The van der Waals surface area contributed by atoms with Crippen molar-refractivity contribution in [2.75, 3.05) is 19.8 Å². The van der Waals surface area contributed by atoms with Crippen LogP contribution in [0.4, 0.5) is 0 Å². The number of carbonyl (C=O) groups is 2. The molecule has 0 aromatic heterocycles. The second-order valence-electron chi connectivity index (χ2n) is 4.57. The Morgan fingerprint density at radius 3 is 2.37 bits per heavy atom. The van der Waals surface area contributed by atoms with Gasteiger partial charge in [-0.05, 0) is 19.8 Å². The zero-order valence-electron chi connectivity index (χ0n) is 11.6. The lowest BCUT2D eigenvalue weighted by Crippen LogP contribution is -2.24. The Morgan fingerprint density at radius 1 is 1.16 bits per heavy atom. The number of Topliss-reactive ketones (excluding diaryl/α,β-unsaturated/α-hetero) is 1. The first-order valence-electron chi connectivity index (χ1n) is 6.50. The molecule has 0 bridgehead atoms. The van der Waals surface area contributed by atoms with E-state index in [1.165, 1.54) is 6.92 Å². The third-order valence-corrected chi connectivity index (χ3v) is 3.07. The molecule has 0 saturated heterocycles. The van der Waals surface area contributed by atoms with E-state index in [9.17, 15) is 19.0 Å². The van der Waals surface area contributed by atoms with Crippen LogP contribution in [0.5, 0.6) is 0 Å². The van der Waals surface area contributed by atoms with E-state index < -0.39 is 7.60 Å². The minimum absolute atomic E-state index is 0.0155. The minimum atomic E-state index is -3.59. The summed E-state index contributed by atoms with van der Waals surface area (Å²) in [5, 5.41) is 2.74. The van der Waals surface area contributed by atoms with Gasteiger partial charge in [0.05, 0.1) is 6.61 Å². The molecule has 1 atom stereocenters. The first-order valence-corrected chi connectivity index (χ1v) is 8.49. The number of carbonyl (C=O) groups excluding carboxylic acids is 2. The Labute approximate surface area is 114 Å². The van der Waals surface area contributed by atoms with E-state index in [2.05, 4.69) is 9.84 Å². The third kappa shape index (κ3) is 15.2. The summed E-state index contributed by atoms with van der Waals surface area (Å²) < 4.78 is 15.3. The van der Waals surface area contributed by atoms with Crippen molar-refractivity contribution in [3.63, 3.8) is 0 Å². The van der Waals surface area contributed by atoms with Gasteiger partial charge >= 0.3 is 0 Å². The standard InChI is InChI=1S/C12H24NO5P/c1-11(14)7-8-12(15)13-9-5-3-4-6-10-18-19(2,16)17/h3-10H2,1-2H3,(H,13,15)(H,16,17)/p-1. The largest absolute Gasteiger partial charge is 0.779 e. The van der Waals surface area contributed by atoms with Gasteiger partial charge in [0.25, 0.3) is 0 Å². The zero-order valence-corrected chi connectivity index (χ0v) is 12.5. The lowest BCUT2D eigenvalue weighted by molar-refractivity contribution is -0.196. The van der Waals surface area contributed by atoms with Crippen molar-refractivity contribution in [1.82, 2.24) is 5.32 Å². The van der Waals surface area contributed by atoms with Crippen molar-refractivity contribution < 1.29 is 23.6 Å². The number of nitrogens with one attached hydrogen (secondary N) is 1. The fraction of sp³-hybridized carbons (Fsp3) is 0.833. The average Bonchev–Trinajstić information content (AvgIpc) is 2.28. The smallest absolute Gasteiger partial charge is 0.220 e. The summed E-state index contributed by atoms with van der Waals surface area (Å²) in [6.07, 6.45) is 3.84. The second-order valence-corrected chi connectivity index (χ2v) is 6.37. The Balaban J connectivity index is 3.29. The summed E-state index contributed by atoms with van der Waals surface area (Å²) >= 11 is 0. The first kappa shape index (κ1) is 18.3. The molecule has 0 saturated carbocycles. The van der Waals surface area contributed by atoms with Crippen molar-refractivity contribution in [2.24, 2.45) is 0 Å². The van der Waals surface area contributed by atoms with Gasteiger partial charge in [-0.15, -0.1) is 0 Å². The maximum atomic E-state index is 11.2. The van der Waals surface area contributed by atoms with Gasteiger partial charge in [-0.3, -0.25) is 4.79 Å². The molecule has 0 rings (SSSR count). The SMILES string of the molecule is CC(=O)CCC(=O)NCCCCCCOP(C)(=O)[O-]. The molecular formula is C12H23NO5P-. The normalized spacial score (nSPS) is 13.8. The summed E-state index contributed by atoms with van der Waals surface area (Å²) in [6.45, 7) is 3.34. The molecule has 0 aliphatic carbocycles. The monoisotopic (exact) mass is 292 g/mol. The third-order valence-electron chi connectivity index (χ3n) is 2.42.